The van der Waals surface area contributed by atoms with Crippen LogP contribution in [0, 0.1) is 0 Å². The molecule has 0 spiro atoms. The molecule has 0 aliphatic rings. The summed E-state index contributed by atoms with van der Waals surface area (Å²) in [5, 5.41) is 9.60. The van der Waals surface area contributed by atoms with E-state index >= 15 is 0 Å². The van der Waals surface area contributed by atoms with Crippen molar-refractivity contribution >= 4 is 40.0 Å². The first-order valence-electron chi connectivity index (χ1n) is 8.84. The van der Waals surface area contributed by atoms with Crippen LogP contribution in [-0.2, 0) is 24.1 Å². The van der Waals surface area contributed by atoms with Crippen molar-refractivity contribution in [3.63, 3.8) is 0 Å². The molecule has 3 aromatic rings. The van der Waals surface area contributed by atoms with Gasteiger partial charge in [0.05, 0.1) is 5.56 Å². The van der Waals surface area contributed by atoms with Gasteiger partial charge in [0, 0.05) is 36.6 Å². The molecule has 10 heteroatoms. The Kier molecular flexibility index (Phi) is 6.36. The van der Waals surface area contributed by atoms with Crippen molar-refractivity contribution in [2.24, 2.45) is 0 Å². The zero-order chi connectivity index (χ0) is 21.7. The number of H-pyrrole nitrogens is 1. The minimum atomic E-state index is -4.50. The monoisotopic (exact) mass is 433 g/mol. The maximum absolute atomic E-state index is 13.1. The molecule has 0 aliphatic carbocycles. The van der Waals surface area contributed by atoms with Crippen LogP contribution in [0.25, 0.3) is 11.0 Å². The smallest absolute Gasteiger partial charge is 0.359 e. The molecule has 0 radical (unpaired) electrons. The Morgan fingerprint density at radius 1 is 1.17 bits per heavy atom. The summed E-state index contributed by atoms with van der Waals surface area (Å²) in [6, 6.07) is 6.83. The van der Waals surface area contributed by atoms with E-state index in [1.807, 2.05) is 12.1 Å². The van der Waals surface area contributed by atoms with E-state index in [9.17, 15) is 18.0 Å². The van der Waals surface area contributed by atoms with Gasteiger partial charge >= 0.3 is 6.18 Å². The fourth-order valence-corrected chi connectivity index (χ4v) is 2.95. The second-order valence-corrected chi connectivity index (χ2v) is 6.72. The third-order valence-electron chi connectivity index (χ3n) is 4.31. The molecule has 0 saturated heterocycles. The third kappa shape index (κ3) is 5.15. The molecule has 2 heterocycles. The molecular formula is C20H18F3N5OS. The van der Waals surface area contributed by atoms with E-state index in [1.54, 1.807) is 12.4 Å². The van der Waals surface area contributed by atoms with E-state index in [0.29, 0.717) is 6.54 Å². The molecule has 156 valence electrons. The van der Waals surface area contributed by atoms with Crippen molar-refractivity contribution in [1.82, 2.24) is 20.6 Å². The number of thiocarbonyl (C=S) groups is 1. The molecule has 0 unspecified atom stereocenters. The van der Waals surface area contributed by atoms with Crippen LogP contribution < -0.4 is 16.0 Å². The summed E-state index contributed by atoms with van der Waals surface area (Å²) in [5.74, 6) is -0.523. The minimum Gasteiger partial charge on any atom is -0.359 e. The highest BCUT2D eigenvalue weighted by Crippen LogP contribution is 2.32. The number of anilines is 1. The average molecular weight is 433 g/mol. The summed E-state index contributed by atoms with van der Waals surface area (Å²) in [4.78, 5) is 18.8. The van der Waals surface area contributed by atoms with Gasteiger partial charge in [0.15, 0.2) is 5.11 Å². The van der Waals surface area contributed by atoms with Gasteiger partial charge in [-0.1, -0.05) is 6.58 Å². The van der Waals surface area contributed by atoms with Crippen molar-refractivity contribution in [1.29, 1.82) is 0 Å². The highest BCUT2D eigenvalue weighted by molar-refractivity contribution is 7.80. The van der Waals surface area contributed by atoms with Crippen LogP contribution in [0.2, 0.25) is 0 Å². The summed E-state index contributed by atoms with van der Waals surface area (Å²) in [6.07, 6.45) is -0.0107. The number of rotatable bonds is 6. The van der Waals surface area contributed by atoms with Crippen LogP contribution in [0.3, 0.4) is 0 Å². The summed E-state index contributed by atoms with van der Waals surface area (Å²) < 4.78 is 39.2. The normalized spacial score (nSPS) is 11.2. The summed E-state index contributed by atoms with van der Waals surface area (Å²) in [5.41, 5.74) is 1.37. The lowest BCUT2D eigenvalue weighted by Crippen LogP contribution is -2.34. The van der Waals surface area contributed by atoms with Crippen LogP contribution in [0.4, 0.5) is 18.9 Å². The van der Waals surface area contributed by atoms with Crippen molar-refractivity contribution in [2.45, 2.75) is 19.3 Å². The molecule has 30 heavy (non-hydrogen) atoms. The lowest BCUT2D eigenvalue weighted by Gasteiger charge is -2.16. The number of fused-ring (bicyclic) bond motifs is 1. The second-order valence-electron chi connectivity index (χ2n) is 6.31. The van der Waals surface area contributed by atoms with Crippen molar-refractivity contribution < 1.29 is 18.0 Å². The lowest BCUT2D eigenvalue weighted by atomic mass is 10.1. The number of pyridine rings is 1. The van der Waals surface area contributed by atoms with Crippen molar-refractivity contribution in [2.75, 3.05) is 5.32 Å². The van der Waals surface area contributed by atoms with E-state index < -0.39 is 17.6 Å². The minimum absolute atomic E-state index is 0.0155. The molecule has 6 nitrogen and oxygen atoms in total. The Bertz CT molecular complexity index is 1090. The number of hydrogen-bond donors (Lipinski definition) is 4. The van der Waals surface area contributed by atoms with Crippen molar-refractivity contribution in [3.8, 4) is 0 Å². The Morgan fingerprint density at radius 2 is 1.90 bits per heavy atom. The van der Waals surface area contributed by atoms with Gasteiger partial charge in [-0.2, -0.15) is 13.2 Å². The van der Waals surface area contributed by atoms with Gasteiger partial charge in [-0.25, -0.2) is 4.98 Å². The summed E-state index contributed by atoms with van der Waals surface area (Å²) in [6.45, 7) is 3.74. The molecule has 1 amide bonds. The van der Waals surface area contributed by atoms with E-state index in [1.165, 1.54) is 6.07 Å². The first kappa shape index (κ1) is 21.3. The van der Waals surface area contributed by atoms with E-state index in [0.717, 1.165) is 34.8 Å². The largest absolute Gasteiger partial charge is 0.416 e. The molecular weight excluding hydrogens is 415 g/mol. The standard InChI is InChI=1S/C20H18F3N5OS/c1-2-17(29)28-16-4-3-14(20(21,22)23)9-13(16)11-27-19(30)26-10-12-5-7-24-18-15(12)6-8-25-18/h2-9H,1,10-11H2,(H,24,25)(H,28,29)(H2,26,27,30). The highest BCUT2D eigenvalue weighted by Gasteiger charge is 2.31. The number of alkyl halides is 3. The zero-order valence-corrected chi connectivity index (χ0v) is 16.5. The predicted octanol–water partition coefficient (Wildman–Crippen LogP) is 3.87. The highest BCUT2D eigenvalue weighted by atomic mass is 32.1. The molecule has 0 aliphatic heterocycles. The van der Waals surface area contributed by atoms with Crippen LogP contribution in [0.15, 0.2) is 55.4 Å². The van der Waals surface area contributed by atoms with Crippen LogP contribution in [-0.4, -0.2) is 21.0 Å². The topological polar surface area (TPSA) is 81.8 Å². The fourth-order valence-electron chi connectivity index (χ4n) is 2.81. The van der Waals surface area contributed by atoms with Crippen LogP contribution in [0.5, 0.6) is 0 Å². The van der Waals surface area contributed by atoms with E-state index in [2.05, 4.69) is 32.5 Å². The molecule has 0 bridgehead atoms. The summed E-state index contributed by atoms with van der Waals surface area (Å²) >= 11 is 5.24. The molecule has 3 rings (SSSR count). The van der Waals surface area contributed by atoms with Gasteiger partial charge in [-0.15, -0.1) is 0 Å². The molecule has 1 aromatic carbocycles. The SMILES string of the molecule is C=CC(=O)Nc1ccc(C(F)(F)F)cc1CNC(=S)NCc1ccnc2[nH]ccc12. The molecule has 0 fully saturated rings. The molecule has 2 aromatic heterocycles. The molecule has 0 saturated carbocycles. The Labute approximate surface area is 175 Å². The number of aromatic nitrogens is 2. The average Bonchev–Trinajstić information content (AvgIpc) is 3.20. The first-order valence-corrected chi connectivity index (χ1v) is 9.25. The molecule has 4 N–H and O–H groups in total. The number of amides is 1. The fraction of sp³-hybridized carbons (Fsp3) is 0.150. The van der Waals surface area contributed by atoms with Gasteiger partial charge in [0.25, 0.3) is 0 Å². The number of aromatic amines is 1. The number of carbonyl (C=O) groups is 1. The number of hydrogen-bond acceptors (Lipinski definition) is 3. The number of nitrogens with zero attached hydrogens (tertiary/aromatic N) is 1. The van der Waals surface area contributed by atoms with Gasteiger partial charge < -0.3 is 20.9 Å². The van der Waals surface area contributed by atoms with Gasteiger partial charge in [0.2, 0.25) is 5.91 Å². The Hall–Kier alpha value is -3.40. The van der Waals surface area contributed by atoms with E-state index in [4.69, 9.17) is 12.2 Å². The van der Waals surface area contributed by atoms with Crippen LogP contribution in [0.1, 0.15) is 16.7 Å². The van der Waals surface area contributed by atoms with Gasteiger partial charge in [-0.3, -0.25) is 4.79 Å². The Morgan fingerprint density at radius 3 is 2.60 bits per heavy atom. The number of benzene rings is 1. The maximum Gasteiger partial charge on any atom is 0.416 e. The number of halogens is 3. The maximum atomic E-state index is 13.1. The summed E-state index contributed by atoms with van der Waals surface area (Å²) in [7, 11) is 0. The van der Waals surface area contributed by atoms with Crippen molar-refractivity contribution in [3.05, 3.63) is 72.1 Å². The van der Waals surface area contributed by atoms with E-state index in [-0.39, 0.29) is 22.9 Å². The van der Waals surface area contributed by atoms with Crippen LogP contribution >= 0.6 is 12.2 Å². The number of nitrogens with one attached hydrogen (secondary N) is 4. The lowest BCUT2D eigenvalue weighted by molar-refractivity contribution is -0.137. The Balaban J connectivity index is 1.68. The quantitative estimate of drug-likeness (QED) is 0.351. The van der Waals surface area contributed by atoms with Gasteiger partial charge in [0.1, 0.15) is 5.65 Å². The first-order chi connectivity index (χ1) is 14.3. The zero-order valence-electron chi connectivity index (χ0n) is 15.6. The predicted molar refractivity (Wildman–Crippen MR) is 113 cm³/mol. The van der Waals surface area contributed by atoms with Gasteiger partial charge in [-0.05, 0) is 59.8 Å². The second kappa shape index (κ2) is 8.95. The number of carbonyl (C=O) groups excluding carboxylic acids is 1. The molecule has 0 atom stereocenters. The third-order valence-corrected chi connectivity index (χ3v) is 4.59.